The van der Waals surface area contributed by atoms with Crippen LogP contribution in [0.5, 0.6) is 0 Å². The maximum absolute atomic E-state index is 12.1. The van der Waals surface area contributed by atoms with Gasteiger partial charge in [0.15, 0.2) is 5.16 Å². The molecule has 1 amide bonds. The normalized spacial score (nSPS) is 10.7. The average Bonchev–Trinajstić information content (AvgIpc) is 3.09. The lowest BCUT2D eigenvalue weighted by atomic mass is 10.2. The van der Waals surface area contributed by atoms with Gasteiger partial charge >= 0.3 is 0 Å². The number of amides is 1. The van der Waals surface area contributed by atoms with Gasteiger partial charge in [-0.2, -0.15) is 0 Å². The average molecular weight is 389 g/mol. The van der Waals surface area contributed by atoms with Crippen LogP contribution < -0.4 is 5.32 Å². The van der Waals surface area contributed by atoms with Crippen LogP contribution in [-0.4, -0.2) is 36.4 Å². The van der Waals surface area contributed by atoms with Crippen LogP contribution in [0.25, 0.3) is 5.69 Å². The van der Waals surface area contributed by atoms with E-state index in [1.807, 2.05) is 32.0 Å². The fourth-order valence-corrected chi connectivity index (χ4v) is 3.14. The summed E-state index contributed by atoms with van der Waals surface area (Å²) in [5.74, 6) is 0.793. The van der Waals surface area contributed by atoms with E-state index in [0.717, 1.165) is 16.9 Å². The molecule has 7 nitrogen and oxygen atoms in total. The second-order valence-corrected chi connectivity index (χ2v) is 6.93. The highest BCUT2D eigenvalue weighted by atomic mass is 35.5. The van der Waals surface area contributed by atoms with Gasteiger partial charge in [0.2, 0.25) is 5.91 Å². The van der Waals surface area contributed by atoms with E-state index in [-0.39, 0.29) is 11.7 Å². The Morgan fingerprint density at radius 3 is 2.92 bits per heavy atom. The maximum Gasteiger partial charge on any atom is 0.230 e. The Bertz CT molecular complexity index is 929. The van der Waals surface area contributed by atoms with Crippen LogP contribution in [0.1, 0.15) is 17.1 Å². The monoisotopic (exact) mass is 388 g/mol. The molecule has 0 aliphatic heterocycles. The molecule has 1 aromatic carbocycles. The molecule has 0 unspecified atom stereocenters. The van der Waals surface area contributed by atoms with E-state index in [2.05, 4.69) is 25.5 Å². The van der Waals surface area contributed by atoms with Crippen LogP contribution in [-0.2, 0) is 11.3 Å². The fourth-order valence-electron chi connectivity index (χ4n) is 2.21. The van der Waals surface area contributed by atoms with Gasteiger partial charge in [-0.25, -0.2) is 9.97 Å². The van der Waals surface area contributed by atoms with Crippen molar-refractivity contribution in [1.29, 1.82) is 0 Å². The Morgan fingerprint density at radius 1 is 1.31 bits per heavy atom. The van der Waals surface area contributed by atoms with Crippen LogP contribution in [0, 0.1) is 13.8 Å². The lowest BCUT2D eigenvalue weighted by Gasteiger charge is -2.08. The van der Waals surface area contributed by atoms with Crippen molar-refractivity contribution in [2.24, 2.45) is 0 Å². The van der Waals surface area contributed by atoms with Crippen LogP contribution in [0.2, 0.25) is 5.02 Å². The number of halogens is 1. The van der Waals surface area contributed by atoms with Gasteiger partial charge in [0.1, 0.15) is 12.2 Å². The van der Waals surface area contributed by atoms with Gasteiger partial charge in [0.25, 0.3) is 0 Å². The number of hydrogen-bond acceptors (Lipinski definition) is 6. The minimum atomic E-state index is -0.109. The number of hydrogen-bond donors (Lipinski definition) is 1. The Morgan fingerprint density at radius 2 is 2.15 bits per heavy atom. The molecular formula is C17H17ClN6OS. The van der Waals surface area contributed by atoms with Crippen LogP contribution >= 0.6 is 23.4 Å². The topological polar surface area (TPSA) is 85.6 Å². The molecule has 134 valence electrons. The number of thioether (sulfide) groups is 1. The number of aromatic nitrogens is 5. The molecule has 2 aromatic heterocycles. The summed E-state index contributed by atoms with van der Waals surface area (Å²) in [6.45, 7) is 4.12. The summed E-state index contributed by atoms with van der Waals surface area (Å²) >= 11 is 7.49. The summed E-state index contributed by atoms with van der Waals surface area (Å²) in [6.07, 6.45) is 3.28. The van der Waals surface area contributed by atoms with Gasteiger partial charge in [-0.05, 0) is 37.6 Å². The quantitative estimate of drug-likeness (QED) is 0.653. The Balaban J connectivity index is 1.59. The van der Waals surface area contributed by atoms with E-state index in [1.54, 1.807) is 23.2 Å². The Hall–Kier alpha value is -2.45. The summed E-state index contributed by atoms with van der Waals surface area (Å²) in [7, 11) is 0. The van der Waals surface area contributed by atoms with Crippen molar-refractivity contribution in [3.63, 3.8) is 0 Å². The van der Waals surface area contributed by atoms with E-state index in [9.17, 15) is 4.79 Å². The zero-order valence-electron chi connectivity index (χ0n) is 14.3. The number of benzene rings is 1. The highest BCUT2D eigenvalue weighted by molar-refractivity contribution is 7.99. The highest BCUT2D eigenvalue weighted by Gasteiger charge is 2.11. The zero-order chi connectivity index (χ0) is 18.5. The fraction of sp³-hybridized carbons (Fsp3) is 0.235. The molecule has 0 bridgehead atoms. The van der Waals surface area contributed by atoms with E-state index in [0.29, 0.717) is 22.5 Å². The molecule has 0 saturated carbocycles. The number of carbonyl (C=O) groups is 1. The van der Waals surface area contributed by atoms with Crippen molar-refractivity contribution in [3.05, 3.63) is 58.9 Å². The third kappa shape index (κ3) is 4.59. The second-order valence-electron chi connectivity index (χ2n) is 5.58. The Labute approximate surface area is 160 Å². The number of rotatable bonds is 6. The van der Waals surface area contributed by atoms with Gasteiger partial charge in [-0.1, -0.05) is 29.4 Å². The van der Waals surface area contributed by atoms with E-state index in [1.165, 1.54) is 11.8 Å². The summed E-state index contributed by atoms with van der Waals surface area (Å²) in [5, 5.41) is 12.1. The van der Waals surface area contributed by atoms with Crippen molar-refractivity contribution in [2.45, 2.75) is 25.5 Å². The summed E-state index contributed by atoms with van der Waals surface area (Å²) < 4.78 is 1.80. The van der Waals surface area contributed by atoms with E-state index >= 15 is 0 Å². The second kappa shape index (κ2) is 8.29. The third-order valence-electron chi connectivity index (χ3n) is 3.58. The molecular weight excluding hydrogens is 372 g/mol. The van der Waals surface area contributed by atoms with Crippen molar-refractivity contribution in [1.82, 2.24) is 30.0 Å². The van der Waals surface area contributed by atoms with Crippen molar-refractivity contribution >= 4 is 29.3 Å². The van der Waals surface area contributed by atoms with Gasteiger partial charge in [-0.3, -0.25) is 9.36 Å². The lowest BCUT2D eigenvalue weighted by Crippen LogP contribution is -2.25. The molecule has 2 heterocycles. The number of nitrogens with zero attached hydrogens (tertiary/aromatic N) is 5. The molecule has 26 heavy (non-hydrogen) atoms. The molecule has 3 aromatic rings. The SMILES string of the molecule is Cc1nccc(CNC(=O)CSc2nncn2-c2ccc(C)c(Cl)c2)n1. The number of aryl methyl sites for hydroxylation is 2. The van der Waals surface area contributed by atoms with Crippen LogP contribution in [0.3, 0.4) is 0 Å². The smallest absolute Gasteiger partial charge is 0.230 e. The standard InChI is InChI=1S/C17H17ClN6OS/c1-11-3-4-14(7-15(11)18)24-10-21-23-17(24)26-9-16(25)20-8-13-5-6-19-12(2)22-13/h3-7,10H,8-9H2,1-2H3,(H,20,25). The molecule has 0 fully saturated rings. The van der Waals surface area contributed by atoms with E-state index in [4.69, 9.17) is 11.6 Å². The first-order valence-corrected chi connectivity index (χ1v) is 9.24. The van der Waals surface area contributed by atoms with Gasteiger partial charge in [0, 0.05) is 11.2 Å². The predicted octanol–water partition coefficient (Wildman–Crippen LogP) is 2.74. The van der Waals surface area contributed by atoms with Gasteiger partial charge < -0.3 is 5.32 Å². The summed E-state index contributed by atoms with van der Waals surface area (Å²) in [6, 6.07) is 7.49. The molecule has 3 rings (SSSR count). The summed E-state index contributed by atoms with van der Waals surface area (Å²) in [4.78, 5) is 20.4. The first-order chi connectivity index (χ1) is 12.5. The van der Waals surface area contributed by atoms with Crippen LogP contribution in [0.4, 0.5) is 0 Å². The number of carbonyl (C=O) groups excluding carboxylic acids is 1. The first kappa shape index (κ1) is 18.3. The minimum absolute atomic E-state index is 0.109. The minimum Gasteiger partial charge on any atom is -0.350 e. The van der Waals surface area contributed by atoms with Gasteiger partial charge in [-0.15, -0.1) is 10.2 Å². The highest BCUT2D eigenvalue weighted by Crippen LogP contribution is 2.23. The third-order valence-corrected chi connectivity index (χ3v) is 4.93. The van der Waals surface area contributed by atoms with Crippen LogP contribution in [0.15, 0.2) is 41.9 Å². The largest absolute Gasteiger partial charge is 0.350 e. The Kier molecular flexibility index (Phi) is 5.85. The van der Waals surface area contributed by atoms with Crippen molar-refractivity contribution in [2.75, 3.05) is 5.75 Å². The van der Waals surface area contributed by atoms with E-state index < -0.39 is 0 Å². The first-order valence-electron chi connectivity index (χ1n) is 7.87. The maximum atomic E-state index is 12.1. The van der Waals surface area contributed by atoms with Gasteiger partial charge in [0.05, 0.1) is 23.7 Å². The molecule has 0 aliphatic rings. The molecule has 0 spiro atoms. The summed E-state index contributed by atoms with van der Waals surface area (Å²) in [5.41, 5.74) is 2.62. The molecule has 0 saturated heterocycles. The van der Waals surface area contributed by atoms with Crippen molar-refractivity contribution < 1.29 is 4.79 Å². The molecule has 0 radical (unpaired) electrons. The predicted molar refractivity (Wildman–Crippen MR) is 100 cm³/mol. The zero-order valence-corrected chi connectivity index (χ0v) is 15.9. The molecule has 0 atom stereocenters. The lowest BCUT2D eigenvalue weighted by molar-refractivity contribution is -0.118. The molecule has 0 aliphatic carbocycles. The molecule has 9 heteroatoms. The number of nitrogens with one attached hydrogen (secondary N) is 1. The van der Waals surface area contributed by atoms with Crippen molar-refractivity contribution in [3.8, 4) is 5.69 Å². The molecule has 1 N–H and O–H groups in total.